The first-order valence-corrected chi connectivity index (χ1v) is 9.35. The first kappa shape index (κ1) is 19.5. The topological polar surface area (TPSA) is 20.3 Å². The lowest BCUT2D eigenvalue weighted by Gasteiger charge is -2.27. The lowest BCUT2D eigenvalue weighted by molar-refractivity contribution is -0.146. The van der Waals surface area contributed by atoms with E-state index >= 15 is 0 Å². The number of carbonyl (C=O) groups is 1. The van der Waals surface area contributed by atoms with Gasteiger partial charge in [-0.2, -0.15) is 13.2 Å². The summed E-state index contributed by atoms with van der Waals surface area (Å²) in [6.07, 6.45) is -1.88. The summed E-state index contributed by atoms with van der Waals surface area (Å²) in [6, 6.07) is 14.4. The molecule has 2 atom stereocenters. The highest BCUT2D eigenvalue weighted by atomic mass is 19.4. The van der Waals surface area contributed by atoms with Gasteiger partial charge in [-0.25, -0.2) is 0 Å². The summed E-state index contributed by atoms with van der Waals surface area (Å²) in [4.78, 5) is 14.9. The van der Waals surface area contributed by atoms with E-state index in [0.717, 1.165) is 29.7 Å². The van der Waals surface area contributed by atoms with E-state index in [9.17, 15) is 18.0 Å². The van der Waals surface area contributed by atoms with Crippen LogP contribution >= 0.6 is 0 Å². The number of carbonyl (C=O) groups excluding carboxylic acids is 1. The number of benzene rings is 2. The minimum Gasteiger partial charge on any atom is -0.312 e. The third-order valence-corrected chi connectivity index (χ3v) is 5.40. The van der Waals surface area contributed by atoms with Crippen molar-refractivity contribution in [2.45, 2.75) is 51.1 Å². The number of nitrogens with zero attached hydrogens (tertiary/aromatic N) is 1. The Morgan fingerprint density at radius 1 is 1.00 bits per heavy atom. The zero-order chi connectivity index (χ0) is 19.6. The second-order valence-electron chi connectivity index (χ2n) is 7.23. The lowest BCUT2D eigenvalue weighted by Crippen LogP contribution is -2.35. The minimum absolute atomic E-state index is 0.0130. The number of anilines is 1. The molecular formula is C22H24F3NO. The Labute approximate surface area is 158 Å². The molecule has 3 rings (SSSR count). The van der Waals surface area contributed by atoms with Gasteiger partial charge in [0, 0.05) is 12.2 Å². The van der Waals surface area contributed by atoms with E-state index in [-0.39, 0.29) is 17.4 Å². The van der Waals surface area contributed by atoms with Crippen molar-refractivity contribution in [2.75, 3.05) is 11.4 Å². The summed E-state index contributed by atoms with van der Waals surface area (Å²) in [5.74, 6) is -1.83. The number of halogens is 3. The molecular weight excluding hydrogens is 351 g/mol. The Morgan fingerprint density at radius 3 is 2.37 bits per heavy atom. The molecule has 0 bridgehead atoms. The molecule has 2 aromatic carbocycles. The molecule has 0 saturated heterocycles. The quantitative estimate of drug-likeness (QED) is 0.661. The molecule has 0 saturated carbocycles. The molecule has 0 aromatic heterocycles. The normalized spacial score (nSPS) is 17.0. The van der Waals surface area contributed by atoms with Gasteiger partial charge in [0.25, 0.3) is 0 Å². The maximum Gasteiger partial charge on any atom is 0.395 e. The fraction of sp³-hybridized carbons (Fsp3) is 0.409. The van der Waals surface area contributed by atoms with E-state index in [1.165, 1.54) is 13.0 Å². The smallest absolute Gasteiger partial charge is 0.312 e. The maximum atomic E-state index is 13.1. The standard InChI is InChI=1S/C22H24F3NO/c1-15(17-8-4-3-5-9-17)21(27)26-13-7-6-10-19-14-18(11-12-20(19)26)16(2)22(23,24)25/h3-5,8-9,11-12,14-16H,6-7,10,13H2,1-2H3/t15-,16?/m0/s1. The monoisotopic (exact) mass is 375 g/mol. The summed E-state index contributed by atoms with van der Waals surface area (Å²) < 4.78 is 39.2. The fourth-order valence-corrected chi connectivity index (χ4v) is 3.58. The highest BCUT2D eigenvalue weighted by Crippen LogP contribution is 2.37. The Bertz CT molecular complexity index is 801. The van der Waals surface area contributed by atoms with E-state index in [1.54, 1.807) is 17.0 Å². The van der Waals surface area contributed by atoms with Crippen molar-refractivity contribution >= 4 is 11.6 Å². The summed E-state index contributed by atoms with van der Waals surface area (Å²) in [6.45, 7) is 3.65. The fourth-order valence-electron chi connectivity index (χ4n) is 3.58. The van der Waals surface area contributed by atoms with Gasteiger partial charge in [0.15, 0.2) is 0 Å². The van der Waals surface area contributed by atoms with E-state index in [1.807, 2.05) is 37.3 Å². The van der Waals surface area contributed by atoms with Gasteiger partial charge in [0.05, 0.1) is 11.8 Å². The molecule has 27 heavy (non-hydrogen) atoms. The van der Waals surface area contributed by atoms with Gasteiger partial charge in [-0.15, -0.1) is 0 Å². The molecule has 0 aliphatic carbocycles. The highest BCUT2D eigenvalue weighted by Gasteiger charge is 2.37. The summed E-state index contributed by atoms with van der Waals surface area (Å²) in [5, 5.41) is 0. The van der Waals surface area contributed by atoms with Crippen LogP contribution in [-0.2, 0) is 11.2 Å². The van der Waals surface area contributed by atoms with Crippen LogP contribution in [0.5, 0.6) is 0 Å². The van der Waals surface area contributed by atoms with Crippen molar-refractivity contribution in [3.63, 3.8) is 0 Å². The predicted molar refractivity (Wildman–Crippen MR) is 101 cm³/mol. The molecule has 1 aliphatic heterocycles. The van der Waals surface area contributed by atoms with Gasteiger partial charge in [-0.3, -0.25) is 4.79 Å². The van der Waals surface area contributed by atoms with Crippen LogP contribution in [0, 0.1) is 0 Å². The molecule has 1 amide bonds. The van der Waals surface area contributed by atoms with Gasteiger partial charge >= 0.3 is 6.18 Å². The van der Waals surface area contributed by atoms with E-state index in [4.69, 9.17) is 0 Å². The maximum absolute atomic E-state index is 13.1. The van der Waals surface area contributed by atoms with Crippen molar-refractivity contribution in [3.05, 3.63) is 65.2 Å². The van der Waals surface area contributed by atoms with Crippen LogP contribution in [0.1, 0.15) is 55.2 Å². The van der Waals surface area contributed by atoms with Gasteiger partial charge in [0.1, 0.15) is 0 Å². The molecule has 1 aliphatic rings. The third-order valence-electron chi connectivity index (χ3n) is 5.40. The first-order chi connectivity index (χ1) is 12.8. The lowest BCUT2D eigenvalue weighted by atomic mass is 9.95. The average molecular weight is 375 g/mol. The molecule has 0 spiro atoms. The molecule has 1 unspecified atom stereocenters. The molecule has 5 heteroatoms. The van der Waals surface area contributed by atoms with Crippen molar-refractivity contribution < 1.29 is 18.0 Å². The van der Waals surface area contributed by atoms with Crippen molar-refractivity contribution in [1.29, 1.82) is 0 Å². The molecule has 0 fully saturated rings. The number of amides is 1. The van der Waals surface area contributed by atoms with Crippen LogP contribution in [-0.4, -0.2) is 18.6 Å². The Kier molecular flexibility index (Phi) is 5.59. The number of rotatable bonds is 3. The van der Waals surface area contributed by atoms with Crippen LogP contribution in [0.4, 0.5) is 18.9 Å². The van der Waals surface area contributed by atoms with Crippen molar-refractivity contribution in [2.24, 2.45) is 0 Å². The number of hydrogen-bond donors (Lipinski definition) is 0. The van der Waals surface area contributed by atoms with Gasteiger partial charge in [-0.1, -0.05) is 42.5 Å². The predicted octanol–water partition coefficient (Wildman–Crippen LogP) is 5.83. The molecule has 144 valence electrons. The third kappa shape index (κ3) is 4.18. The Morgan fingerprint density at radius 2 is 1.70 bits per heavy atom. The van der Waals surface area contributed by atoms with E-state index in [2.05, 4.69) is 0 Å². The van der Waals surface area contributed by atoms with Crippen LogP contribution in [0.15, 0.2) is 48.5 Å². The zero-order valence-electron chi connectivity index (χ0n) is 15.6. The Balaban J connectivity index is 1.92. The largest absolute Gasteiger partial charge is 0.395 e. The first-order valence-electron chi connectivity index (χ1n) is 9.35. The number of fused-ring (bicyclic) bond motifs is 1. The minimum atomic E-state index is -4.27. The van der Waals surface area contributed by atoms with Gasteiger partial charge < -0.3 is 4.90 Å². The molecule has 1 heterocycles. The number of hydrogen-bond acceptors (Lipinski definition) is 1. The van der Waals surface area contributed by atoms with Crippen molar-refractivity contribution in [3.8, 4) is 0 Å². The van der Waals surface area contributed by atoms with Gasteiger partial charge in [0.2, 0.25) is 5.91 Å². The number of alkyl halides is 3. The summed E-state index contributed by atoms with van der Waals surface area (Å²) in [7, 11) is 0. The zero-order valence-corrected chi connectivity index (χ0v) is 15.6. The molecule has 2 nitrogen and oxygen atoms in total. The summed E-state index contributed by atoms with van der Waals surface area (Å²) >= 11 is 0. The Hall–Kier alpha value is -2.30. The van der Waals surface area contributed by atoms with Gasteiger partial charge in [-0.05, 0) is 55.9 Å². The van der Waals surface area contributed by atoms with E-state index in [0.29, 0.717) is 13.0 Å². The van der Waals surface area contributed by atoms with Crippen molar-refractivity contribution in [1.82, 2.24) is 0 Å². The second kappa shape index (κ2) is 7.75. The number of aryl methyl sites for hydroxylation is 1. The second-order valence-corrected chi connectivity index (χ2v) is 7.23. The van der Waals surface area contributed by atoms with Crippen LogP contribution in [0.2, 0.25) is 0 Å². The molecule has 0 radical (unpaired) electrons. The van der Waals surface area contributed by atoms with E-state index < -0.39 is 12.1 Å². The SMILES string of the molecule is CC(c1ccc2c(c1)CCCCN2C(=O)[C@@H](C)c1ccccc1)C(F)(F)F. The molecule has 0 N–H and O–H groups in total. The van der Waals surface area contributed by atoms with Crippen LogP contribution in [0.25, 0.3) is 0 Å². The summed E-state index contributed by atoms with van der Waals surface area (Å²) in [5.41, 5.74) is 2.77. The van der Waals surface area contributed by atoms with Crippen LogP contribution < -0.4 is 4.90 Å². The molecule has 2 aromatic rings. The highest BCUT2D eigenvalue weighted by molar-refractivity contribution is 5.98. The van der Waals surface area contributed by atoms with Crippen LogP contribution in [0.3, 0.4) is 0 Å². The average Bonchev–Trinajstić information content (AvgIpc) is 2.88.